The molecule has 0 saturated carbocycles. The lowest BCUT2D eigenvalue weighted by molar-refractivity contribution is -0.115. The molecular weight excluding hydrogens is 244 g/mol. The summed E-state index contributed by atoms with van der Waals surface area (Å²) in [5.74, 6) is 0.721. The number of ether oxygens (including phenoxy) is 1. The highest BCUT2D eigenvalue weighted by molar-refractivity contribution is 5.92. The zero-order valence-electron chi connectivity index (χ0n) is 11.6. The number of carbonyl (C=O) groups is 1. The maximum absolute atomic E-state index is 11.7. The van der Waals surface area contributed by atoms with Crippen LogP contribution in [0.3, 0.4) is 0 Å². The normalized spacial score (nSPS) is 12.3. The molecule has 1 aromatic rings. The first-order valence-corrected chi connectivity index (χ1v) is 6.35. The number of carbonyl (C=O) groups excluding carboxylic acids is 1. The quantitative estimate of drug-likeness (QED) is 0.694. The summed E-state index contributed by atoms with van der Waals surface area (Å²) >= 11 is 0. The summed E-state index contributed by atoms with van der Waals surface area (Å²) in [4.78, 5) is 11.7. The minimum absolute atomic E-state index is 0.149. The monoisotopic (exact) mass is 266 g/mol. The molecule has 0 aliphatic heterocycles. The minimum atomic E-state index is -0.440. The lowest BCUT2D eigenvalue weighted by Gasteiger charge is -2.15. The van der Waals surface area contributed by atoms with E-state index in [0.29, 0.717) is 18.0 Å². The van der Waals surface area contributed by atoms with Gasteiger partial charge in [-0.2, -0.15) is 0 Å². The van der Waals surface area contributed by atoms with Gasteiger partial charge in [-0.25, -0.2) is 0 Å². The Morgan fingerprint density at radius 2 is 2.16 bits per heavy atom. The average Bonchev–Trinajstić information content (AvgIpc) is 2.38. The molecule has 1 aromatic carbocycles. The van der Waals surface area contributed by atoms with E-state index in [1.165, 1.54) is 0 Å². The minimum Gasteiger partial charge on any atom is -0.497 e. The highest BCUT2D eigenvalue weighted by Crippen LogP contribution is 2.16. The van der Waals surface area contributed by atoms with Gasteiger partial charge in [0, 0.05) is 18.3 Å². The fraction of sp³-hybridized carbons (Fsp3) is 0.500. The Balaban J connectivity index is 2.34. The molecule has 0 bridgehead atoms. The summed E-state index contributed by atoms with van der Waals surface area (Å²) in [6.07, 6.45) is -0.440. The third-order valence-electron chi connectivity index (χ3n) is 2.76. The van der Waals surface area contributed by atoms with Crippen LogP contribution >= 0.6 is 0 Å². The van der Waals surface area contributed by atoms with Crippen LogP contribution in [0.2, 0.25) is 0 Å². The maximum atomic E-state index is 11.7. The Labute approximate surface area is 114 Å². The molecule has 0 aliphatic rings. The summed E-state index contributed by atoms with van der Waals surface area (Å²) in [5, 5.41) is 15.3. The van der Waals surface area contributed by atoms with Crippen LogP contribution in [0, 0.1) is 5.92 Å². The largest absolute Gasteiger partial charge is 0.497 e. The van der Waals surface area contributed by atoms with Crippen LogP contribution in [-0.2, 0) is 4.79 Å². The second-order valence-corrected chi connectivity index (χ2v) is 4.72. The first-order valence-electron chi connectivity index (χ1n) is 6.35. The van der Waals surface area contributed by atoms with Crippen LogP contribution in [0.1, 0.15) is 13.8 Å². The van der Waals surface area contributed by atoms with E-state index in [9.17, 15) is 9.90 Å². The molecule has 0 fully saturated rings. The molecular formula is C14H22N2O3. The van der Waals surface area contributed by atoms with Crippen LogP contribution in [0.15, 0.2) is 24.3 Å². The first kappa shape index (κ1) is 15.5. The summed E-state index contributed by atoms with van der Waals surface area (Å²) in [6, 6.07) is 7.17. The molecule has 19 heavy (non-hydrogen) atoms. The summed E-state index contributed by atoms with van der Waals surface area (Å²) in [7, 11) is 1.58. The molecule has 0 heterocycles. The van der Waals surface area contributed by atoms with Gasteiger partial charge in [0.25, 0.3) is 0 Å². The number of aliphatic hydroxyl groups is 1. The highest BCUT2D eigenvalue weighted by atomic mass is 16.5. The van der Waals surface area contributed by atoms with Gasteiger partial charge in [0.05, 0.1) is 19.8 Å². The Hall–Kier alpha value is -1.59. The van der Waals surface area contributed by atoms with Crippen molar-refractivity contribution in [3.63, 3.8) is 0 Å². The van der Waals surface area contributed by atoms with Gasteiger partial charge in [-0.15, -0.1) is 0 Å². The predicted octanol–water partition coefficient (Wildman–Crippen LogP) is 1.24. The number of methoxy groups -OCH3 is 1. The molecule has 1 unspecified atom stereocenters. The molecule has 0 saturated heterocycles. The third kappa shape index (κ3) is 5.72. The van der Waals surface area contributed by atoms with E-state index < -0.39 is 6.10 Å². The van der Waals surface area contributed by atoms with Crippen molar-refractivity contribution in [3.05, 3.63) is 24.3 Å². The SMILES string of the molecule is COc1cccc(NC(=O)CNCC(O)C(C)C)c1. The van der Waals surface area contributed by atoms with E-state index in [-0.39, 0.29) is 18.4 Å². The van der Waals surface area contributed by atoms with Gasteiger partial charge < -0.3 is 20.5 Å². The summed E-state index contributed by atoms with van der Waals surface area (Å²) in [5.41, 5.74) is 0.690. The van der Waals surface area contributed by atoms with E-state index in [1.807, 2.05) is 26.0 Å². The lowest BCUT2D eigenvalue weighted by atomic mass is 10.1. The van der Waals surface area contributed by atoms with Crippen LogP contribution in [0.4, 0.5) is 5.69 Å². The molecule has 0 aliphatic carbocycles. The Morgan fingerprint density at radius 3 is 2.79 bits per heavy atom. The zero-order valence-corrected chi connectivity index (χ0v) is 11.6. The van der Waals surface area contributed by atoms with Gasteiger partial charge in [-0.1, -0.05) is 19.9 Å². The predicted molar refractivity (Wildman–Crippen MR) is 75.3 cm³/mol. The summed E-state index contributed by atoms with van der Waals surface area (Å²) in [6.45, 7) is 4.44. The summed E-state index contributed by atoms with van der Waals surface area (Å²) < 4.78 is 5.08. The van der Waals surface area contributed by atoms with Crippen LogP contribution in [0.5, 0.6) is 5.75 Å². The molecule has 1 amide bonds. The van der Waals surface area contributed by atoms with Crippen molar-refractivity contribution in [2.45, 2.75) is 20.0 Å². The van der Waals surface area contributed by atoms with E-state index in [4.69, 9.17) is 4.74 Å². The van der Waals surface area contributed by atoms with Gasteiger partial charge >= 0.3 is 0 Å². The number of hydrogen-bond donors (Lipinski definition) is 3. The van der Waals surface area contributed by atoms with Gasteiger partial charge in [-0.3, -0.25) is 4.79 Å². The van der Waals surface area contributed by atoms with Crippen LogP contribution in [-0.4, -0.2) is 37.3 Å². The number of hydrogen-bond acceptors (Lipinski definition) is 4. The molecule has 1 rings (SSSR count). The molecule has 5 nitrogen and oxygen atoms in total. The average molecular weight is 266 g/mol. The van der Waals surface area contributed by atoms with Gasteiger partial charge in [0.2, 0.25) is 5.91 Å². The van der Waals surface area contributed by atoms with Crippen molar-refractivity contribution in [2.24, 2.45) is 5.92 Å². The smallest absolute Gasteiger partial charge is 0.238 e. The number of anilines is 1. The van der Waals surface area contributed by atoms with Crippen molar-refractivity contribution >= 4 is 11.6 Å². The number of benzene rings is 1. The molecule has 1 atom stereocenters. The molecule has 106 valence electrons. The van der Waals surface area contributed by atoms with E-state index in [0.717, 1.165) is 0 Å². The number of nitrogens with one attached hydrogen (secondary N) is 2. The highest BCUT2D eigenvalue weighted by Gasteiger charge is 2.09. The topological polar surface area (TPSA) is 70.6 Å². The molecule has 0 aromatic heterocycles. The molecule has 0 radical (unpaired) electrons. The van der Waals surface area contributed by atoms with Gasteiger partial charge in [0.15, 0.2) is 0 Å². The first-order chi connectivity index (χ1) is 9.02. The van der Waals surface area contributed by atoms with Gasteiger partial charge in [-0.05, 0) is 18.1 Å². The van der Waals surface area contributed by atoms with Crippen molar-refractivity contribution in [1.29, 1.82) is 0 Å². The molecule has 3 N–H and O–H groups in total. The molecule has 0 spiro atoms. The Kier molecular flexibility index (Phi) is 6.32. The van der Waals surface area contributed by atoms with Crippen molar-refractivity contribution in [2.75, 3.05) is 25.5 Å². The van der Waals surface area contributed by atoms with Crippen molar-refractivity contribution in [3.8, 4) is 5.75 Å². The Morgan fingerprint density at radius 1 is 1.42 bits per heavy atom. The van der Waals surface area contributed by atoms with E-state index in [2.05, 4.69) is 10.6 Å². The fourth-order valence-corrected chi connectivity index (χ4v) is 1.48. The van der Waals surface area contributed by atoms with Crippen LogP contribution < -0.4 is 15.4 Å². The second kappa shape index (κ2) is 7.76. The Bertz CT molecular complexity index is 407. The number of rotatable bonds is 7. The van der Waals surface area contributed by atoms with Crippen molar-refractivity contribution < 1.29 is 14.6 Å². The van der Waals surface area contributed by atoms with Crippen molar-refractivity contribution in [1.82, 2.24) is 5.32 Å². The number of aliphatic hydroxyl groups excluding tert-OH is 1. The second-order valence-electron chi connectivity index (χ2n) is 4.72. The molecule has 5 heteroatoms. The van der Waals surface area contributed by atoms with E-state index in [1.54, 1.807) is 19.2 Å². The third-order valence-corrected chi connectivity index (χ3v) is 2.76. The van der Waals surface area contributed by atoms with Crippen LogP contribution in [0.25, 0.3) is 0 Å². The van der Waals surface area contributed by atoms with E-state index >= 15 is 0 Å². The lowest BCUT2D eigenvalue weighted by Crippen LogP contribution is -2.35. The van der Waals surface area contributed by atoms with Gasteiger partial charge in [0.1, 0.15) is 5.75 Å². The standard InChI is InChI=1S/C14H22N2O3/c1-10(2)13(17)8-15-9-14(18)16-11-5-4-6-12(7-11)19-3/h4-7,10,13,15,17H,8-9H2,1-3H3,(H,16,18). The maximum Gasteiger partial charge on any atom is 0.238 e. The number of amides is 1. The fourth-order valence-electron chi connectivity index (χ4n) is 1.48. The zero-order chi connectivity index (χ0) is 14.3.